The van der Waals surface area contributed by atoms with Crippen molar-refractivity contribution in [3.8, 4) is 17.0 Å². The number of carbonyl (C=O) groups is 1. The number of ether oxygens (including phenoxy) is 1. The molecule has 1 fully saturated rings. The molecule has 0 saturated carbocycles. The zero-order valence-electron chi connectivity index (χ0n) is 23.1. The van der Waals surface area contributed by atoms with Gasteiger partial charge in [0.05, 0.1) is 37.2 Å². The Morgan fingerprint density at radius 1 is 0.977 bits per heavy atom. The summed E-state index contributed by atoms with van der Waals surface area (Å²) in [4.78, 5) is 21.1. The Morgan fingerprint density at radius 3 is 2.21 bits per heavy atom. The minimum Gasteiger partial charge on any atom is -0.497 e. The minimum absolute atomic E-state index is 0.0240. The summed E-state index contributed by atoms with van der Waals surface area (Å²) in [6.07, 6.45) is -8.38. The number of methoxy groups -OCH3 is 1. The number of aliphatic hydroxyl groups is 1. The average molecular weight is 608 g/mol. The number of hydrogen-bond donors (Lipinski definition) is 1. The lowest BCUT2D eigenvalue weighted by Gasteiger charge is -2.39. The summed E-state index contributed by atoms with van der Waals surface area (Å²) in [7, 11) is 1.46. The van der Waals surface area contributed by atoms with Crippen molar-refractivity contribution in [3.05, 3.63) is 82.7 Å². The molecule has 4 aromatic rings. The van der Waals surface area contributed by atoms with E-state index in [1.807, 2.05) is 0 Å². The molecule has 5 rings (SSSR count). The highest BCUT2D eigenvalue weighted by molar-refractivity contribution is 6.00. The van der Waals surface area contributed by atoms with Crippen LogP contribution in [-0.4, -0.2) is 75.3 Å². The maximum absolute atomic E-state index is 14.3. The largest absolute Gasteiger partial charge is 0.497 e. The van der Waals surface area contributed by atoms with E-state index < -0.39 is 42.2 Å². The third-order valence-electron chi connectivity index (χ3n) is 7.59. The fraction of sp³-hybridized carbons (Fsp3) is 0.345. The highest BCUT2D eigenvalue weighted by Gasteiger charge is 2.40. The summed E-state index contributed by atoms with van der Waals surface area (Å²) in [6, 6.07) is 10.3. The SMILES string of the molecule is COc1ccc(-c2nc3c(C(=O)N4CCN([C@@H](CO)c5ccccc5C(F)(F)F)CC4)cnn3c(C(F)(F)F)c2C)cc1. The van der Waals surface area contributed by atoms with Gasteiger partial charge in [-0.2, -0.15) is 31.4 Å². The number of piperazine rings is 1. The molecule has 0 unspecified atom stereocenters. The van der Waals surface area contributed by atoms with Crippen LogP contribution in [0.3, 0.4) is 0 Å². The Morgan fingerprint density at radius 2 is 1.63 bits per heavy atom. The molecule has 1 N–H and O–H groups in total. The van der Waals surface area contributed by atoms with E-state index in [0.717, 1.165) is 12.3 Å². The third-order valence-corrected chi connectivity index (χ3v) is 7.59. The second-order valence-electron chi connectivity index (χ2n) is 10.1. The maximum Gasteiger partial charge on any atom is 0.433 e. The lowest BCUT2D eigenvalue weighted by Crippen LogP contribution is -2.50. The van der Waals surface area contributed by atoms with Gasteiger partial charge in [0.1, 0.15) is 11.3 Å². The van der Waals surface area contributed by atoms with Crippen LogP contribution in [-0.2, 0) is 12.4 Å². The molecule has 2 aromatic carbocycles. The highest BCUT2D eigenvalue weighted by atomic mass is 19.4. The first-order chi connectivity index (χ1) is 20.3. The number of aromatic nitrogens is 3. The van der Waals surface area contributed by atoms with Crippen molar-refractivity contribution >= 4 is 11.6 Å². The smallest absolute Gasteiger partial charge is 0.433 e. The summed E-state index contributed by atoms with van der Waals surface area (Å²) in [6.45, 7) is 1.08. The lowest BCUT2D eigenvalue weighted by atomic mass is 9.98. The molecule has 0 bridgehead atoms. The molecular formula is C29H27F6N5O3. The van der Waals surface area contributed by atoms with Crippen molar-refractivity contribution in [1.82, 2.24) is 24.4 Å². The first kappa shape index (κ1) is 30.3. The number of fused-ring (bicyclic) bond motifs is 1. The summed E-state index contributed by atoms with van der Waals surface area (Å²) in [5.41, 5.74) is -2.18. The topological polar surface area (TPSA) is 83.2 Å². The number of aliphatic hydroxyl groups excluding tert-OH is 1. The predicted molar refractivity (Wildman–Crippen MR) is 143 cm³/mol. The van der Waals surface area contributed by atoms with Gasteiger partial charge in [0.2, 0.25) is 0 Å². The summed E-state index contributed by atoms with van der Waals surface area (Å²) in [5, 5.41) is 13.9. The molecule has 1 aliphatic heterocycles. The number of alkyl halides is 6. The molecule has 0 aliphatic carbocycles. The van der Waals surface area contributed by atoms with Crippen molar-refractivity contribution in [2.24, 2.45) is 0 Å². The van der Waals surface area contributed by atoms with E-state index in [0.29, 0.717) is 15.8 Å². The Bertz CT molecular complexity index is 1630. The van der Waals surface area contributed by atoms with Gasteiger partial charge in [-0.05, 0) is 42.8 Å². The number of benzene rings is 2. The van der Waals surface area contributed by atoms with Crippen LogP contribution in [0.4, 0.5) is 26.3 Å². The first-order valence-corrected chi connectivity index (χ1v) is 13.3. The van der Waals surface area contributed by atoms with Crippen molar-refractivity contribution in [1.29, 1.82) is 0 Å². The molecule has 43 heavy (non-hydrogen) atoms. The second-order valence-corrected chi connectivity index (χ2v) is 10.1. The van der Waals surface area contributed by atoms with Crippen molar-refractivity contribution in [2.45, 2.75) is 25.3 Å². The molecular weight excluding hydrogens is 580 g/mol. The third kappa shape index (κ3) is 5.76. The average Bonchev–Trinajstić information content (AvgIpc) is 3.39. The van der Waals surface area contributed by atoms with Gasteiger partial charge in [-0.15, -0.1) is 0 Å². The monoisotopic (exact) mass is 607 g/mol. The molecule has 0 radical (unpaired) electrons. The number of carbonyl (C=O) groups excluding carboxylic acids is 1. The van der Waals surface area contributed by atoms with E-state index in [4.69, 9.17) is 4.74 Å². The molecule has 1 saturated heterocycles. The fourth-order valence-electron chi connectivity index (χ4n) is 5.45. The molecule has 1 amide bonds. The number of amides is 1. The number of nitrogens with zero attached hydrogens (tertiary/aromatic N) is 5. The van der Waals surface area contributed by atoms with Gasteiger partial charge in [-0.25, -0.2) is 9.50 Å². The molecule has 2 aromatic heterocycles. The highest BCUT2D eigenvalue weighted by Crippen LogP contribution is 2.38. The van der Waals surface area contributed by atoms with Gasteiger partial charge in [-0.3, -0.25) is 9.69 Å². The molecule has 1 atom stereocenters. The Kier molecular flexibility index (Phi) is 8.09. The Balaban J connectivity index is 1.45. The van der Waals surface area contributed by atoms with E-state index in [1.54, 1.807) is 29.2 Å². The van der Waals surface area contributed by atoms with Crippen molar-refractivity contribution in [3.63, 3.8) is 0 Å². The van der Waals surface area contributed by atoms with Gasteiger partial charge in [0.15, 0.2) is 11.3 Å². The maximum atomic E-state index is 14.3. The van der Waals surface area contributed by atoms with Gasteiger partial charge in [-0.1, -0.05) is 18.2 Å². The van der Waals surface area contributed by atoms with Gasteiger partial charge >= 0.3 is 12.4 Å². The molecule has 228 valence electrons. The van der Waals surface area contributed by atoms with Gasteiger partial charge in [0, 0.05) is 37.3 Å². The van der Waals surface area contributed by atoms with Crippen LogP contribution < -0.4 is 4.74 Å². The zero-order chi connectivity index (χ0) is 31.1. The number of rotatable bonds is 6. The van der Waals surface area contributed by atoms with Crippen molar-refractivity contribution in [2.75, 3.05) is 39.9 Å². The van der Waals surface area contributed by atoms with E-state index in [9.17, 15) is 36.2 Å². The van der Waals surface area contributed by atoms with Crippen LogP contribution in [0, 0.1) is 6.92 Å². The Hall–Kier alpha value is -4.17. The van der Waals surface area contributed by atoms with Crippen LogP contribution >= 0.6 is 0 Å². The predicted octanol–water partition coefficient (Wildman–Crippen LogP) is 5.24. The van der Waals surface area contributed by atoms with E-state index in [1.165, 1.54) is 37.1 Å². The summed E-state index contributed by atoms with van der Waals surface area (Å²) in [5.74, 6) is -0.112. The summed E-state index contributed by atoms with van der Waals surface area (Å²) < 4.78 is 89.4. The molecule has 3 heterocycles. The minimum atomic E-state index is -4.81. The van der Waals surface area contributed by atoms with Gasteiger partial charge in [0.25, 0.3) is 5.91 Å². The van der Waals surface area contributed by atoms with Crippen LogP contribution in [0.15, 0.2) is 54.7 Å². The van der Waals surface area contributed by atoms with Crippen LogP contribution in [0.1, 0.15) is 38.8 Å². The molecule has 8 nitrogen and oxygen atoms in total. The first-order valence-electron chi connectivity index (χ1n) is 13.3. The van der Waals surface area contributed by atoms with Gasteiger partial charge < -0.3 is 14.7 Å². The van der Waals surface area contributed by atoms with Crippen LogP contribution in [0.25, 0.3) is 16.9 Å². The van der Waals surface area contributed by atoms with E-state index >= 15 is 0 Å². The molecule has 14 heteroatoms. The van der Waals surface area contributed by atoms with Crippen molar-refractivity contribution < 1.29 is 41.0 Å². The lowest BCUT2D eigenvalue weighted by molar-refractivity contribution is -0.143. The fourth-order valence-corrected chi connectivity index (χ4v) is 5.45. The van der Waals surface area contributed by atoms with E-state index in [-0.39, 0.29) is 54.2 Å². The van der Waals surface area contributed by atoms with Crippen LogP contribution in [0.2, 0.25) is 0 Å². The quantitative estimate of drug-likeness (QED) is 0.302. The van der Waals surface area contributed by atoms with E-state index in [2.05, 4.69) is 10.1 Å². The Labute approximate surface area is 242 Å². The summed E-state index contributed by atoms with van der Waals surface area (Å²) >= 11 is 0. The number of hydrogen-bond acceptors (Lipinski definition) is 6. The molecule has 1 aliphatic rings. The zero-order valence-corrected chi connectivity index (χ0v) is 23.1. The molecule has 0 spiro atoms. The normalized spacial score (nSPS) is 15.6. The number of halogens is 6. The standard InChI is InChI=1S/C29H27F6N5O3/c1-17-24(18-7-9-19(43-2)10-8-18)37-26-21(15-36-40(26)25(17)29(33,34)35)27(42)39-13-11-38(12-14-39)23(16-41)20-5-3-4-6-22(20)28(30,31)32/h3-10,15,23,41H,11-14,16H2,1-2H3/t23-/m0/s1. The van der Waals surface area contributed by atoms with Crippen LogP contribution in [0.5, 0.6) is 5.75 Å². The second kappa shape index (κ2) is 11.5.